The van der Waals surface area contributed by atoms with Crippen LogP contribution in [0.5, 0.6) is 0 Å². The molecular weight excluding hydrogens is 194 g/mol. The van der Waals surface area contributed by atoms with Crippen molar-refractivity contribution >= 4 is 5.57 Å². The average Bonchev–Trinajstić information content (AvgIpc) is 2.40. The summed E-state index contributed by atoms with van der Waals surface area (Å²) in [7, 11) is 0. The molecule has 0 aromatic carbocycles. The van der Waals surface area contributed by atoms with E-state index < -0.39 is 0 Å². The van der Waals surface area contributed by atoms with Crippen molar-refractivity contribution in [1.29, 1.82) is 0 Å². The van der Waals surface area contributed by atoms with Crippen molar-refractivity contribution in [1.82, 2.24) is 4.98 Å². The van der Waals surface area contributed by atoms with Gasteiger partial charge in [-0.15, -0.1) is 0 Å². The highest BCUT2D eigenvalue weighted by atomic mass is 14.7. The van der Waals surface area contributed by atoms with Crippen molar-refractivity contribution in [2.45, 2.75) is 33.1 Å². The minimum absolute atomic E-state index is 0.387. The van der Waals surface area contributed by atoms with Crippen LogP contribution >= 0.6 is 0 Å². The van der Waals surface area contributed by atoms with Crippen molar-refractivity contribution in [3.05, 3.63) is 48.3 Å². The lowest BCUT2D eigenvalue weighted by atomic mass is 9.75. The predicted molar refractivity (Wildman–Crippen MR) is 69.0 cm³/mol. The Morgan fingerprint density at radius 2 is 2.06 bits per heavy atom. The van der Waals surface area contributed by atoms with Crippen LogP contribution in [0, 0.1) is 5.41 Å². The predicted octanol–water partition coefficient (Wildman–Crippen LogP) is 4.23. The zero-order valence-electron chi connectivity index (χ0n) is 10.1. The van der Waals surface area contributed by atoms with E-state index in [1.807, 2.05) is 18.3 Å². The summed E-state index contributed by atoms with van der Waals surface area (Å²) < 4.78 is 0. The molecule has 1 nitrogen and oxygen atoms in total. The number of aromatic nitrogens is 1. The average molecular weight is 213 g/mol. The van der Waals surface area contributed by atoms with Crippen LogP contribution in [0.1, 0.15) is 38.8 Å². The number of hydrogen-bond acceptors (Lipinski definition) is 1. The Hall–Kier alpha value is -1.37. The maximum absolute atomic E-state index is 4.38. The summed E-state index contributed by atoms with van der Waals surface area (Å²) in [6, 6.07) is 6.07. The smallest absolute Gasteiger partial charge is 0.0698 e. The van der Waals surface area contributed by atoms with E-state index in [0.717, 1.165) is 12.1 Å². The van der Waals surface area contributed by atoms with Crippen LogP contribution < -0.4 is 0 Å². The molecule has 0 aliphatic heterocycles. The van der Waals surface area contributed by atoms with Gasteiger partial charge in [0.25, 0.3) is 0 Å². The number of allylic oxidation sites excluding steroid dienone is 4. The Morgan fingerprint density at radius 3 is 2.56 bits per heavy atom. The first-order chi connectivity index (χ1) is 7.79. The van der Waals surface area contributed by atoms with E-state index in [1.54, 1.807) is 0 Å². The maximum Gasteiger partial charge on any atom is 0.0698 e. The Balaban J connectivity index is 2.20. The first-order valence-electron chi connectivity index (χ1n) is 6.10. The molecule has 0 fully saturated rings. The Bertz CT molecular complexity index is 397. The molecule has 0 atom stereocenters. The lowest BCUT2D eigenvalue weighted by molar-refractivity contribution is 0.355. The molecule has 0 spiro atoms. The van der Waals surface area contributed by atoms with Gasteiger partial charge in [0.2, 0.25) is 0 Å². The summed E-state index contributed by atoms with van der Waals surface area (Å²) in [4.78, 5) is 4.38. The molecule has 0 radical (unpaired) electrons. The highest BCUT2D eigenvalue weighted by molar-refractivity contribution is 5.72. The molecular formula is C15H19N. The highest BCUT2D eigenvalue weighted by Crippen LogP contribution is 2.38. The van der Waals surface area contributed by atoms with Gasteiger partial charge in [0.05, 0.1) is 5.69 Å². The second-order valence-corrected chi connectivity index (χ2v) is 4.48. The third kappa shape index (κ3) is 2.08. The van der Waals surface area contributed by atoms with E-state index in [2.05, 4.69) is 43.1 Å². The first kappa shape index (κ1) is 11.1. The summed E-state index contributed by atoms with van der Waals surface area (Å²) in [5.74, 6) is 0. The van der Waals surface area contributed by atoms with Crippen molar-refractivity contribution in [2.24, 2.45) is 5.41 Å². The molecule has 1 heteroatoms. The fourth-order valence-corrected chi connectivity index (χ4v) is 2.21. The summed E-state index contributed by atoms with van der Waals surface area (Å²) >= 11 is 0. The summed E-state index contributed by atoms with van der Waals surface area (Å²) in [5, 5.41) is 0. The molecule has 1 aromatic rings. The van der Waals surface area contributed by atoms with Gasteiger partial charge in [-0.1, -0.05) is 38.1 Å². The number of rotatable bonds is 3. The second-order valence-electron chi connectivity index (χ2n) is 4.48. The molecule has 0 unspecified atom stereocenters. The van der Waals surface area contributed by atoms with E-state index in [0.29, 0.717) is 5.41 Å². The molecule has 0 saturated heterocycles. The summed E-state index contributed by atoms with van der Waals surface area (Å²) in [6.45, 7) is 4.54. The zero-order chi connectivity index (χ0) is 11.4. The molecule has 0 amide bonds. The van der Waals surface area contributed by atoms with Crippen molar-refractivity contribution in [2.75, 3.05) is 0 Å². The van der Waals surface area contributed by atoms with Crippen LogP contribution in [0.15, 0.2) is 42.6 Å². The molecule has 84 valence electrons. The lowest BCUT2D eigenvalue weighted by Crippen LogP contribution is -2.16. The van der Waals surface area contributed by atoms with E-state index in [-0.39, 0.29) is 0 Å². The maximum atomic E-state index is 4.38. The normalized spacial score (nSPS) is 18.2. The van der Waals surface area contributed by atoms with E-state index in [4.69, 9.17) is 0 Å². The van der Waals surface area contributed by atoms with E-state index in [9.17, 15) is 0 Å². The SMILES string of the molecule is CCC1(CC)C=CC(c2ccccn2)=CC1. The second kappa shape index (κ2) is 4.65. The molecule has 0 saturated carbocycles. The van der Waals surface area contributed by atoms with Gasteiger partial charge < -0.3 is 0 Å². The van der Waals surface area contributed by atoms with Crippen LogP contribution in [-0.2, 0) is 0 Å². The fraction of sp³-hybridized carbons (Fsp3) is 0.400. The molecule has 0 bridgehead atoms. The van der Waals surface area contributed by atoms with E-state index >= 15 is 0 Å². The van der Waals surface area contributed by atoms with Crippen LogP contribution in [0.3, 0.4) is 0 Å². The van der Waals surface area contributed by atoms with Gasteiger partial charge in [-0.3, -0.25) is 4.98 Å². The molecule has 1 aromatic heterocycles. The third-order valence-electron chi connectivity index (χ3n) is 3.71. The van der Waals surface area contributed by atoms with Crippen LogP contribution in [-0.4, -0.2) is 4.98 Å². The largest absolute Gasteiger partial charge is 0.256 e. The standard InChI is InChI=1S/C15H19N/c1-3-15(4-2)10-8-13(9-11-15)14-7-5-6-12-16-14/h5-10,12H,3-4,11H2,1-2H3. The molecule has 2 rings (SSSR count). The molecule has 1 aliphatic carbocycles. The first-order valence-corrected chi connectivity index (χ1v) is 6.10. The Morgan fingerprint density at radius 1 is 1.25 bits per heavy atom. The van der Waals surface area contributed by atoms with Gasteiger partial charge in [0.1, 0.15) is 0 Å². The molecule has 0 N–H and O–H groups in total. The minimum atomic E-state index is 0.387. The number of nitrogens with zero attached hydrogens (tertiary/aromatic N) is 1. The number of pyridine rings is 1. The van der Waals surface area contributed by atoms with Gasteiger partial charge in [0.15, 0.2) is 0 Å². The minimum Gasteiger partial charge on any atom is -0.256 e. The van der Waals surface area contributed by atoms with Gasteiger partial charge in [-0.05, 0) is 42.4 Å². The summed E-state index contributed by atoms with van der Waals surface area (Å²) in [5.41, 5.74) is 2.73. The fourth-order valence-electron chi connectivity index (χ4n) is 2.21. The lowest BCUT2D eigenvalue weighted by Gasteiger charge is -2.29. The zero-order valence-corrected chi connectivity index (χ0v) is 10.1. The third-order valence-corrected chi connectivity index (χ3v) is 3.71. The Kier molecular flexibility index (Phi) is 3.23. The van der Waals surface area contributed by atoms with Crippen LogP contribution in [0.2, 0.25) is 0 Å². The quantitative estimate of drug-likeness (QED) is 0.732. The molecule has 1 heterocycles. The van der Waals surface area contributed by atoms with Gasteiger partial charge in [-0.2, -0.15) is 0 Å². The number of hydrogen-bond donors (Lipinski definition) is 0. The van der Waals surface area contributed by atoms with Crippen LogP contribution in [0.4, 0.5) is 0 Å². The topological polar surface area (TPSA) is 12.9 Å². The van der Waals surface area contributed by atoms with Gasteiger partial charge in [0, 0.05) is 6.20 Å². The van der Waals surface area contributed by atoms with Crippen molar-refractivity contribution < 1.29 is 0 Å². The van der Waals surface area contributed by atoms with Gasteiger partial charge in [-0.25, -0.2) is 0 Å². The van der Waals surface area contributed by atoms with Gasteiger partial charge >= 0.3 is 0 Å². The van der Waals surface area contributed by atoms with E-state index in [1.165, 1.54) is 18.4 Å². The van der Waals surface area contributed by atoms with Crippen molar-refractivity contribution in [3.8, 4) is 0 Å². The highest BCUT2D eigenvalue weighted by Gasteiger charge is 2.24. The molecule has 16 heavy (non-hydrogen) atoms. The molecule has 1 aliphatic rings. The van der Waals surface area contributed by atoms with Crippen LogP contribution in [0.25, 0.3) is 5.57 Å². The summed E-state index contributed by atoms with van der Waals surface area (Å²) in [6.07, 6.45) is 12.4. The Labute approximate surface area is 97.9 Å². The van der Waals surface area contributed by atoms with Crippen molar-refractivity contribution in [3.63, 3.8) is 0 Å². The monoisotopic (exact) mass is 213 g/mol.